The van der Waals surface area contributed by atoms with Crippen molar-refractivity contribution in [3.05, 3.63) is 48.4 Å². The van der Waals surface area contributed by atoms with Crippen LogP contribution in [0.5, 0.6) is 0 Å². The van der Waals surface area contributed by atoms with Crippen molar-refractivity contribution in [1.82, 2.24) is 20.2 Å². The highest BCUT2D eigenvalue weighted by atomic mass is 16.3. The highest BCUT2D eigenvalue weighted by molar-refractivity contribution is 5.94. The number of rotatable bonds is 3. The molecule has 7 heteroatoms. The molecule has 2 aromatic rings. The Morgan fingerprint density at radius 2 is 2.08 bits per heavy atom. The Kier molecular flexibility index (Phi) is 3.99. The second-order valence-electron chi connectivity index (χ2n) is 6.82. The molecule has 2 amide bonds. The number of hydrogen-bond acceptors (Lipinski definition) is 5. The molecule has 2 fully saturated rings. The van der Waals surface area contributed by atoms with Gasteiger partial charge in [0.2, 0.25) is 0 Å². The smallest absolute Gasteiger partial charge is 0.271 e. The van der Waals surface area contributed by atoms with Crippen LogP contribution in [0.4, 0.5) is 0 Å². The Labute approximate surface area is 145 Å². The van der Waals surface area contributed by atoms with Gasteiger partial charge in [0.15, 0.2) is 0 Å². The van der Waals surface area contributed by atoms with Gasteiger partial charge in [0.1, 0.15) is 12.0 Å². The Morgan fingerprint density at radius 3 is 2.68 bits per heavy atom. The first-order chi connectivity index (χ1) is 12.2. The Morgan fingerprint density at radius 1 is 1.24 bits per heavy atom. The van der Waals surface area contributed by atoms with Crippen LogP contribution < -0.4 is 5.32 Å². The van der Waals surface area contributed by atoms with Gasteiger partial charge in [0, 0.05) is 31.5 Å². The third-order valence-corrected chi connectivity index (χ3v) is 5.59. The first-order valence-electron chi connectivity index (χ1n) is 8.56. The standard InChI is InChI=1S/C18H20N4O3/c23-16(14-11-19-6-7-20-14)21-15-1-3-18(15)4-8-22(9-5-18)17(24)13-2-10-25-12-13/h2,6-7,10-12,15H,1,3-5,8-9H2,(H,21,23)/t15-/m0/s1. The van der Waals surface area contributed by atoms with Crippen LogP contribution in [-0.2, 0) is 0 Å². The maximum Gasteiger partial charge on any atom is 0.271 e. The molecule has 4 rings (SSSR count). The Hall–Kier alpha value is -2.70. The van der Waals surface area contributed by atoms with E-state index in [-0.39, 0.29) is 23.3 Å². The normalized spacial score (nSPS) is 21.6. The largest absolute Gasteiger partial charge is 0.472 e. The van der Waals surface area contributed by atoms with Gasteiger partial charge in [-0.15, -0.1) is 0 Å². The molecule has 0 aromatic carbocycles. The number of piperidine rings is 1. The second-order valence-corrected chi connectivity index (χ2v) is 6.82. The van der Waals surface area contributed by atoms with Gasteiger partial charge < -0.3 is 14.6 Å². The molecule has 0 bridgehead atoms. The summed E-state index contributed by atoms with van der Waals surface area (Å²) in [4.78, 5) is 34.6. The molecule has 2 aromatic heterocycles. The molecular weight excluding hydrogens is 320 g/mol. The van der Waals surface area contributed by atoms with Gasteiger partial charge in [-0.25, -0.2) is 4.98 Å². The number of furan rings is 1. The molecule has 1 aliphatic carbocycles. The molecule has 1 spiro atoms. The third kappa shape index (κ3) is 2.90. The SMILES string of the molecule is O=C(N[C@H]1CCC12CCN(C(=O)c1ccoc1)CC2)c1cnccn1. The lowest BCUT2D eigenvalue weighted by atomic mass is 9.59. The van der Waals surface area contributed by atoms with Gasteiger partial charge in [-0.05, 0) is 37.2 Å². The molecule has 1 aliphatic heterocycles. The van der Waals surface area contributed by atoms with Crippen molar-refractivity contribution in [1.29, 1.82) is 0 Å². The molecule has 1 N–H and O–H groups in total. The van der Waals surface area contributed by atoms with E-state index in [4.69, 9.17) is 4.42 Å². The van der Waals surface area contributed by atoms with E-state index in [0.29, 0.717) is 24.3 Å². The van der Waals surface area contributed by atoms with Crippen molar-refractivity contribution < 1.29 is 14.0 Å². The number of amides is 2. The summed E-state index contributed by atoms with van der Waals surface area (Å²) in [5.41, 5.74) is 1.04. The molecule has 0 radical (unpaired) electrons. The molecule has 7 nitrogen and oxygen atoms in total. The number of hydrogen-bond donors (Lipinski definition) is 1. The predicted octanol–water partition coefficient (Wildman–Crippen LogP) is 1.88. The van der Waals surface area contributed by atoms with Crippen LogP contribution >= 0.6 is 0 Å². The quantitative estimate of drug-likeness (QED) is 0.922. The van der Waals surface area contributed by atoms with Crippen molar-refractivity contribution >= 4 is 11.8 Å². The zero-order chi connectivity index (χ0) is 17.3. The van der Waals surface area contributed by atoms with Crippen molar-refractivity contribution in [2.45, 2.75) is 31.7 Å². The maximum atomic E-state index is 12.4. The first kappa shape index (κ1) is 15.8. The van der Waals surface area contributed by atoms with Gasteiger partial charge in [0.05, 0.1) is 18.0 Å². The summed E-state index contributed by atoms with van der Waals surface area (Å²) in [6.45, 7) is 1.42. The van der Waals surface area contributed by atoms with E-state index in [2.05, 4.69) is 15.3 Å². The van der Waals surface area contributed by atoms with E-state index >= 15 is 0 Å². The number of carbonyl (C=O) groups excluding carboxylic acids is 2. The monoisotopic (exact) mass is 340 g/mol. The number of nitrogens with zero attached hydrogens (tertiary/aromatic N) is 3. The lowest BCUT2D eigenvalue weighted by molar-refractivity contribution is -0.00242. The van der Waals surface area contributed by atoms with Crippen LogP contribution in [0.1, 0.15) is 46.5 Å². The molecule has 2 aliphatic rings. The number of likely N-dealkylation sites (tertiary alicyclic amines) is 1. The lowest BCUT2D eigenvalue weighted by Crippen LogP contribution is -2.59. The average Bonchev–Trinajstić information content (AvgIpc) is 3.20. The Bertz CT molecular complexity index is 752. The average molecular weight is 340 g/mol. The fourth-order valence-electron chi connectivity index (χ4n) is 3.89. The van der Waals surface area contributed by atoms with Crippen molar-refractivity contribution in [2.75, 3.05) is 13.1 Å². The highest BCUT2D eigenvalue weighted by Crippen LogP contribution is 2.49. The number of carbonyl (C=O) groups is 2. The summed E-state index contributed by atoms with van der Waals surface area (Å²) in [5, 5.41) is 3.10. The van der Waals surface area contributed by atoms with Crippen molar-refractivity contribution in [2.24, 2.45) is 5.41 Å². The van der Waals surface area contributed by atoms with Crippen molar-refractivity contribution in [3.8, 4) is 0 Å². The summed E-state index contributed by atoms with van der Waals surface area (Å²) >= 11 is 0. The minimum absolute atomic E-state index is 0.0167. The van der Waals surface area contributed by atoms with E-state index < -0.39 is 0 Å². The van der Waals surface area contributed by atoms with Gasteiger partial charge in [-0.3, -0.25) is 14.6 Å². The molecule has 1 saturated carbocycles. The molecule has 1 saturated heterocycles. The van der Waals surface area contributed by atoms with Crippen LogP contribution in [-0.4, -0.2) is 45.8 Å². The van der Waals surface area contributed by atoms with E-state index in [1.807, 2.05) is 4.90 Å². The van der Waals surface area contributed by atoms with Crippen LogP contribution in [0, 0.1) is 5.41 Å². The number of aromatic nitrogens is 2. The highest BCUT2D eigenvalue weighted by Gasteiger charge is 2.49. The maximum absolute atomic E-state index is 12.4. The summed E-state index contributed by atoms with van der Waals surface area (Å²) in [6, 6.07) is 1.84. The van der Waals surface area contributed by atoms with Crippen LogP contribution in [0.15, 0.2) is 41.6 Å². The zero-order valence-corrected chi connectivity index (χ0v) is 13.9. The Balaban J connectivity index is 1.36. The fraction of sp³-hybridized carbons (Fsp3) is 0.444. The van der Waals surface area contributed by atoms with Crippen LogP contribution in [0.2, 0.25) is 0 Å². The fourth-order valence-corrected chi connectivity index (χ4v) is 3.89. The van der Waals surface area contributed by atoms with E-state index in [0.717, 1.165) is 25.7 Å². The zero-order valence-electron chi connectivity index (χ0n) is 13.9. The molecule has 25 heavy (non-hydrogen) atoms. The second kappa shape index (κ2) is 6.31. The van der Waals surface area contributed by atoms with E-state index in [9.17, 15) is 9.59 Å². The third-order valence-electron chi connectivity index (χ3n) is 5.59. The summed E-state index contributed by atoms with van der Waals surface area (Å²) in [6.07, 6.45) is 11.4. The predicted molar refractivity (Wildman–Crippen MR) is 88.8 cm³/mol. The minimum atomic E-state index is -0.172. The topological polar surface area (TPSA) is 88.3 Å². The molecule has 3 heterocycles. The lowest BCUT2D eigenvalue weighted by Gasteiger charge is -2.54. The molecule has 130 valence electrons. The van der Waals surface area contributed by atoms with Gasteiger partial charge in [-0.1, -0.05) is 0 Å². The summed E-state index contributed by atoms with van der Waals surface area (Å²) in [7, 11) is 0. The van der Waals surface area contributed by atoms with Crippen molar-refractivity contribution in [3.63, 3.8) is 0 Å². The first-order valence-corrected chi connectivity index (χ1v) is 8.56. The van der Waals surface area contributed by atoms with Gasteiger partial charge in [-0.2, -0.15) is 0 Å². The summed E-state index contributed by atoms with van der Waals surface area (Å²) < 4.78 is 5.00. The minimum Gasteiger partial charge on any atom is -0.472 e. The van der Waals surface area contributed by atoms with E-state index in [1.165, 1.54) is 24.9 Å². The number of nitrogens with one attached hydrogen (secondary N) is 1. The summed E-state index contributed by atoms with van der Waals surface area (Å²) in [5.74, 6) is -0.155. The van der Waals surface area contributed by atoms with Gasteiger partial charge >= 0.3 is 0 Å². The van der Waals surface area contributed by atoms with Crippen LogP contribution in [0.25, 0.3) is 0 Å². The van der Waals surface area contributed by atoms with E-state index in [1.54, 1.807) is 12.3 Å². The molecule has 1 atom stereocenters. The van der Waals surface area contributed by atoms with Gasteiger partial charge in [0.25, 0.3) is 11.8 Å². The molecular formula is C18H20N4O3. The van der Waals surface area contributed by atoms with Crippen LogP contribution in [0.3, 0.4) is 0 Å². The molecule has 0 unspecified atom stereocenters.